The second-order valence-corrected chi connectivity index (χ2v) is 4.59. The third-order valence-electron chi connectivity index (χ3n) is 2.53. The van der Waals surface area contributed by atoms with Crippen molar-refractivity contribution in [2.24, 2.45) is 0 Å². The number of carbonyl (C=O) groups is 2. The summed E-state index contributed by atoms with van der Waals surface area (Å²) in [5, 5.41) is 4.29. The van der Waals surface area contributed by atoms with Crippen molar-refractivity contribution in [1.82, 2.24) is 9.38 Å². The van der Waals surface area contributed by atoms with Gasteiger partial charge in [-0.2, -0.15) is 0 Å². The van der Waals surface area contributed by atoms with Crippen LogP contribution in [0, 0.1) is 0 Å². The summed E-state index contributed by atoms with van der Waals surface area (Å²) >= 11 is 1.31. The minimum atomic E-state index is -0.876. The van der Waals surface area contributed by atoms with Crippen LogP contribution in [0.4, 0.5) is 5.69 Å². The minimum absolute atomic E-state index is 0.108. The summed E-state index contributed by atoms with van der Waals surface area (Å²) < 4.78 is 10.3. The molecule has 0 unspecified atom stereocenters. The topological polar surface area (TPSA) is 99.0 Å². The average molecular weight is 309 g/mol. The largest absolute Gasteiger partial charge is 0.465 e. The molecule has 0 aliphatic heterocycles. The zero-order chi connectivity index (χ0) is 15.4. The van der Waals surface area contributed by atoms with E-state index in [1.54, 1.807) is 11.6 Å². The van der Waals surface area contributed by atoms with Gasteiger partial charge in [0.2, 0.25) is 0 Å². The number of hydrogen-bond acceptors (Lipinski definition) is 8. The summed E-state index contributed by atoms with van der Waals surface area (Å²) in [7, 11) is 2.26. The number of thiazole rings is 1. The molecule has 2 aromatic rings. The van der Waals surface area contributed by atoms with Crippen LogP contribution in [0.25, 0.3) is 4.96 Å². The molecule has 0 fully saturated rings. The molecule has 21 heavy (non-hydrogen) atoms. The molecule has 2 heterocycles. The van der Waals surface area contributed by atoms with E-state index in [4.69, 9.17) is 0 Å². The van der Waals surface area contributed by atoms with Crippen LogP contribution in [-0.4, -0.2) is 35.5 Å². The van der Waals surface area contributed by atoms with Gasteiger partial charge in [0.05, 0.1) is 20.4 Å². The van der Waals surface area contributed by atoms with Crippen molar-refractivity contribution in [2.45, 2.75) is 0 Å². The lowest BCUT2D eigenvalue weighted by Crippen LogP contribution is -2.20. The minimum Gasteiger partial charge on any atom is -0.465 e. The molecule has 0 aliphatic carbocycles. The van der Waals surface area contributed by atoms with Gasteiger partial charge in [0.15, 0.2) is 10.5 Å². The smallest absolute Gasteiger partial charge is 0.346 e. The third kappa shape index (κ3) is 2.92. The Labute approximate surface area is 122 Å². The van der Waals surface area contributed by atoms with E-state index in [2.05, 4.69) is 19.8 Å². The number of carbonyl (C=O) groups excluding carboxylic acids is 2. The summed E-state index contributed by atoms with van der Waals surface area (Å²) in [4.78, 5) is 39.6. The van der Waals surface area contributed by atoms with Gasteiger partial charge in [-0.15, -0.1) is 11.3 Å². The number of esters is 2. The number of hydrogen-bond donors (Lipinski definition) is 1. The van der Waals surface area contributed by atoms with Gasteiger partial charge in [0.25, 0.3) is 5.56 Å². The van der Waals surface area contributed by atoms with Crippen LogP contribution in [0.2, 0.25) is 0 Å². The highest BCUT2D eigenvalue weighted by atomic mass is 32.1. The Balaban J connectivity index is 2.35. The highest BCUT2D eigenvalue weighted by Gasteiger charge is 2.19. The predicted molar refractivity (Wildman–Crippen MR) is 75.1 cm³/mol. The number of nitrogens with zero attached hydrogens (tertiary/aromatic N) is 2. The highest BCUT2D eigenvalue weighted by Crippen LogP contribution is 2.09. The van der Waals surface area contributed by atoms with Gasteiger partial charge in [-0.1, -0.05) is 0 Å². The van der Waals surface area contributed by atoms with Crippen LogP contribution >= 0.6 is 11.3 Å². The molecule has 0 radical (unpaired) electrons. The number of anilines is 1. The molecule has 1 N–H and O–H groups in total. The molecule has 0 saturated heterocycles. The van der Waals surface area contributed by atoms with Gasteiger partial charge in [-0.05, 0) is 0 Å². The van der Waals surface area contributed by atoms with Gasteiger partial charge >= 0.3 is 11.9 Å². The lowest BCUT2D eigenvalue weighted by molar-refractivity contribution is -0.144. The van der Waals surface area contributed by atoms with Crippen LogP contribution in [0.1, 0.15) is 0 Å². The monoisotopic (exact) mass is 309 g/mol. The number of methoxy groups -OCH3 is 2. The molecule has 110 valence electrons. The van der Waals surface area contributed by atoms with E-state index in [9.17, 15) is 14.4 Å². The van der Waals surface area contributed by atoms with Crippen LogP contribution in [-0.2, 0) is 19.1 Å². The van der Waals surface area contributed by atoms with Crippen molar-refractivity contribution in [3.8, 4) is 0 Å². The molecule has 0 aromatic carbocycles. The molecule has 0 amide bonds. The first kappa shape index (κ1) is 14.7. The van der Waals surface area contributed by atoms with Crippen LogP contribution < -0.4 is 10.9 Å². The van der Waals surface area contributed by atoms with Gasteiger partial charge in [-0.25, -0.2) is 14.6 Å². The zero-order valence-corrected chi connectivity index (χ0v) is 12.0. The number of aromatic nitrogens is 2. The Hall–Kier alpha value is -2.68. The molecular weight excluding hydrogens is 298 g/mol. The fraction of sp³-hybridized carbons (Fsp3) is 0.167. The van der Waals surface area contributed by atoms with Crippen molar-refractivity contribution in [3.05, 3.63) is 39.9 Å². The van der Waals surface area contributed by atoms with Gasteiger partial charge < -0.3 is 14.8 Å². The molecule has 2 aromatic heterocycles. The van der Waals surface area contributed by atoms with Crippen LogP contribution in [0.3, 0.4) is 0 Å². The molecule has 9 heteroatoms. The molecule has 0 atom stereocenters. The van der Waals surface area contributed by atoms with E-state index in [0.717, 1.165) is 20.4 Å². The summed E-state index contributed by atoms with van der Waals surface area (Å²) in [6.45, 7) is 0. The van der Waals surface area contributed by atoms with Crippen molar-refractivity contribution in [2.75, 3.05) is 19.5 Å². The summed E-state index contributed by atoms with van der Waals surface area (Å²) in [5.41, 5.74) is -0.613. The van der Waals surface area contributed by atoms with E-state index < -0.39 is 11.9 Å². The van der Waals surface area contributed by atoms with E-state index >= 15 is 0 Å². The van der Waals surface area contributed by atoms with Gasteiger partial charge in [0.1, 0.15) is 5.69 Å². The second kappa shape index (κ2) is 6.18. The van der Waals surface area contributed by atoms with E-state index in [1.807, 2.05) is 0 Å². The Morgan fingerprint density at radius 2 is 2.00 bits per heavy atom. The van der Waals surface area contributed by atoms with Crippen molar-refractivity contribution < 1.29 is 19.1 Å². The number of rotatable bonds is 4. The first-order valence-electron chi connectivity index (χ1n) is 5.66. The first-order chi connectivity index (χ1) is 10.1. The van der Waals surface area contributed by atoms with Crippen molar-refractivity contribution >= 4 is 33.9 Å². The average Bonchev–Trinajstić information content (AvgIpc) is 2.98. The Morgan fingerprint density at radius 3 is 2.62 bits per heavy atom. The third-order valence-corrected chi connectivity index (χ3v) is 3.30. The molecular formula is C12H11N3O5S. The van der Waals surface area contributed by atoms with E-state index in [0.29, 0.717) is 4.96 Å². The molecule has 0 spiro atoms. The van der Waals surface area contributed by atoms with Crippen LogP contribution in [0.15, 0.2) is 34.3 Å². The number of nitrogens with one attached hydrogen (secondary N) is 1. The highest BCUT2D eigenvalue weighted by molar-refractivity contribution is 7.15. The fourth-order valence-corrected chi connectivity index (χ4v) is 2.17. The Bertz CT molecular complexity index is 759. The molecule has 2 rings (SSSR count). The maximum atomic E-state index is 12.1. The van der Waals surface area contributed by atoms with Gasteiger partial charge in [0, 0.05) is 17.8 Å². The molecule has 0 saturated carbocycles. The van der Waals surface area contributed by atoms with Crippen LogP contribution in [0.5, 0.6) is 0 Å². The summed E-state index contributed by atoms with van der Waals surface area (Å²) in [6, 6.07) is 0. The normalized spacial score (nSPS) is 10.0. The second-order valence-electron chi connectivity index (χ2n) is 3.72. The van der Waals surface area contributed by atoms with E-state index in [1.165, 1.54) is 21.9 Å². The standard InChI is InChI=1S/C12H11N3O5S/c1-19-10(17)7(11(18)20-2)5-13-8-6-14-12-15(9(8)16)3-4-21-12/h3-6,13H,1-2H3. The summed E-state index contributed by atoms with van der Waals surface area (Å²) in [6.07, 6.45) is 3.94. The van der Waals surface area contributed by atoms with Crippen molar-refractivity contribution in [3.63, 3.8) is 0 Å². The molecule has 0 bridgehead atoms. The first-order valence-corrected chi connectivity index (χ1v) is 6.54. The predicted octanol–water partition coefficient (Wildman–Crippen LogP) is 0.398. The number of fused-ring (bicyclic) bond motifs is 1. The maximum absolute atomic E-state index is 12.1. The summed E-state index contributed by atoms with van der Waals surface area (Å²) in [5.74, 6) is -1.75. The molecule has 8 nitrogen and oxygen atoms in total. The lowest BCUT2D eigenvalue weighted by atomic mass is 10.3. The fourth-order valence-electron chi connectivity index (χ4n) is 1.49. The SMILES string of the molecule is COC(=O)C(=CNc1cnc2sccn2c1=O)C(=O)OC. The number of ether oxygens (including phenoxy) is 2. The van der Waals surface area contributed by atoms with Gasteiger partial charge in [-0.3, -0.25) is 9.20 Å². The lowest BCUT2D eigenvalue weighted by Gasteiger charge is -2.05. The Kier molecular flexibility index (Phi) is 4.33. The van der Waals surface area contributed by atoms with Crippen molar-refractivity contribution in [1.29, 1.82) is 0 Å². The Morgan fingerprint density at radius 1 is 1.33 bits per heavy atom. The quantitative estimate of drug-likeness (QED) is 0.377. The zero-order valence-electron chi connectivity index (χ0n) is 11.2. The molecule has 0 aliphatic rings. The maximum Gasteiger partial charge on any atom is 0.346 e. The van der Waals surface area contributed by atoms with E-state index in [-0.39, 0.29) is 16.8 Å².